The highest BCUT2D eigenvalue weighted by Crippen LogP contribution is 2.27. The summed E-state index contributed by atoms with van der Waals surface area (Å²) in [6, 6.07) is 24.4. The summed E-state index contributed by atoms with van der Waals surface area (Å²) in [5.41, 5.74) is -2.86. The van der Waals surface area contributed by atoms with Crippen molar-refractivity contribution in [1.29, 1.82) is 0 Å². The van der Waals surface area contributed by atoms with E-state index in [2.05, 4.69) is 53.6 Å². The van der Waals surface area contributed by atoms with Crippen molar-refractivity contribution in [3.63, 3.8) is 0 Å². The third-order valence-corrected chi connectivity index (χ3v) is 8.22. The molecular formula is C22H16F3IN2O4S2. The number of aromatic nitrogens is 1. The zero-order valence-electron chi connectivity index (χ0n) is 17.3. The molecule has 1 heterocycles. The van der Waals surface area contributed by atoms with Gasteiger partial charge in [0.15, 0.2) is 22.4 Å². The smallest absolute Gasteiger partial charge is 0.485 e. The standard InChI is InChI=1S/C21H15IN2OS.CHF3O3S/c1-14-10-11-18-19(12-14)26-21(23-18)24-20(25)15-6-5-9-17(13-15)22-16-7-3-2-4-8-16;2-1(3,4)8(5,6)7/h2-13H,1H3;(H,5,6,7). The Morgan fingerprint density at radius 1 is 1.00 bits per heavy atom. The number of amides is 1. The Balaban J connectivity index is 0.000000350. The van der Waals surface area contributed by atoms with E-state index in [0.29, 0.717) is 10.7 Å². The second-order valence-electron chi connectivity index (χ2n) is 6.74. The number of hydrogen-bond donors (Lipinski definition) is 1. The number of nitrogens with zero attached hydrogens (tertiary/aromatic N) is 1. The molecule has 0 saturated carbocycles. The first-order chi connectivity index (χ1) is 15.9. The van der Waals surface area contributed by atoms with Gasteiger partial charge in [0.05, 0.1) is 10.2 Å². The Hall–Kier alpha value is -2.55. The second-order valence-corrected chi connectivity index (χ2v) is 12.2. The molecule has 0 radical (unpaired) electrons. The summed E-state index contributed by atoms with van der Waals surface area (Å²) in [5, 5.41) is 3.58. The summed E-state index contributed by atoms with van der Waals surface area (Å²) < 4.78 is 62.6. The Labute approximate surface area is 207 Å². The fraction of sp³-hybridized carbons (Fsp3) is 0.0909. The molecule has 1 amide bonds. The van der Waals surface area contributed by atoms with Gasteiger partial charge in [0.2, 0.25) is 0 Å². The number of carbonyl (C=O) groups is 1. The molecule has 0 atom stereocenters. The number of nitrogens with one attached hydrogen (secondary N) is 1. The van der Waals surface area contributed by atoms with Crippen LogP contribution in [0.5, 0.6) is 0 Å². The van der Waals surface area contributed by atoms with Gasteiger partial charge in [0.25, 0.3) is 5.91 Å². The number of thiazole rings is 1. The van der Waals surface area contributed by atoms with Gasteiger partial charge < -0.3 is 4.55 Å². The third-order valence-electron chi connectivity index (χ3n) is 4.09. The molecule has 0 aliphatic rings. The average Bonchev–Trinajstić information content (AvgIpc) is 3.15. The molecule has 4 rings (SSSR count). The quantitative estimate of drug-likeness (QED) is 0.214. The van der Waals surface area contributed by atoms with Gasteiger partial charge in [0, 0.05) is 11.6 Å². The molecule has 4 aromatic rings. The van der Waals surface area contributed by atoms with E-state index in [1.165, 1.54) is 24.0 Å². The van der Waals surface area contributed by atoms with E-state index < -0.39 is 15.6 Å². The Morgan fingerprint density at radius 3 is 2.29 bits per heavy atom. The summed E-state index contributed by atoms with van der Waals surface area (Å²) in [6.07, 6.45) is 0. The maximum absolute atomic E-state index is 12.6. The van der Waals surface area contributed by atoms with Crippen LogP contribution in [-0.4, -0.2) is 29.4 Å². The van der Waals surface area contributed by atoms with Crippen molar-refractivity contribution in [2.75, 3.05) is 5.32 Å². The van der Waals surface area contributed by atoms with Crippen molar-refractivity contribution in [2.45, 2.75) is 12.4 Å². The number of aryl methyl sites for hydroxylation is 1. The fourth-order valence-corrected chi connectivity index (χ4v) is 5.88. The van der Waals surface area contributed by atoms with E-state index in [4.69, 9.17) is 13.0 Å². The number of carbonyl (C=O) groups excluding carboxylic acids is 1. The van der Waals surface area contributed by atoms with Crippen LogP contribution in [0.15, 0.2) is 72.8 Å². The normalized spacial score (nSPS) is 11.6. The van der Waals surface area contributed by atoms with Crippen LogP contribution in [0, 0.1) is 14.1 Å². The monoisotopic (exact) mass is 620 g/mol. The van der Waals surface area contributed by atoms with Crippen molar-refractivity contribution in [3.05, 3.63) is 91.1 Å². The molecular weight excluding hydrogens is 604 g/mol. The average molecular weight is 620 g/mol. The number of hydrogen-bond acceptors (Lipinski definition) is 6. The van der Waals surface area contributed by atoms with Gasteiger partial charge in [-0.2, -0.15) is 13.2 Å². The van der Waals surface area contributed by atoms with Crippen LogP contribution in [0.4, 0.5) is 18.3 Å². The van der Waals surface area contributed by atoms with E-state index in [1.54, 1.807) is 0 Å². The number of alkyl halides is 3. The van der Waals surface area contributed by atoms with Crippen LogP contribution in [-0.2, 0) is 10.1 Å². The van der Waals surface area contributed by atoms with Gasteiger partial charge in [-0.3, -0.25) is 10.1 Å². The predicted octanol–water partition coefficient (Wildman–Crippen LogP) is 2.04. The van der Waals surface area contributed by atoms with Crippen LogP contribution < -0.4 is 26.5 Å². The van der Waals surface area contributed by atoms with E-state index in [-0.39, 0.29) is 27.1 Å². The zero-order chi connectivity index (χ0) is 24.9. The molecule has 0 aliphatic heterocycles. The molecule has 3 aromatic carbocycles. The van der Waals surface area contributed by atoms with Crippen LogP contribution in [0.3, 0.4) is 0 Å². The van der Waals surface area contributed by atoms with Crippen molar-refractivity contribution in [2.24, 2.45) is 0 Å². The Morgan fingerprint density at radius 2 is 1.65 bits per heavy atom. The first kappa shape index (κ1) is 26.1. The molecule has 6 nitrogen and oxygen atoms in total. The van der Waals surface area contributed by atoms with Gasteiger partial charge in [-0.15, -0.1) is 0 Å². The highest BCUT2D eigenvalue weighted by molar-refractivity contribution is 7.86. The molecule has 0 saturated heterocycles. The molecule has 1 N–H and O–H groups in total. The van der Waals surface area contributed by atoms with Crippen molar-refractivity contribution >= 4 is 42.7 Å². The lowest BCUT2D eigenvalue weighted by Crippen LogP contribution is -3.61. The van der Waals surface area contributed by atoms with Gasteiger partial charge in [-0.1, -0.05) is 41.7 Å². The minimum absolute atomic E-state index is 0.111. The largest absolute Gasteiger partial charge is 0.741 e. The van der Waals surface area contributed by atoms with Crippen molar-refractivity contribution < 1.29 is 52.1 Å². The van der Waals surface area contributed by atoms with E-state index >= 15 is 0 Å². The molecule has 0 bridgehead atoms. The lowest BCUT2D eigenvalue weighted by Gasteiger charge is -2.08. The molecule has 12 heteroatoms. The summed E-state index contributed by atoms with van der Waals surface area (Å²) in [4.78, 5) is 17.1. The third kappa shape index (κ3) is 7.22. The van der Waals surface area contributed by atoms with Crippen LogP contribution in [0.2, 0.25) is 0 Å². The SMILES string of the molecule is Cc1ccc2nc(NC(=O)c3cccc([I+]c4ccccc4)c3)sc2c1.O=S(=O)([O-])C(F)(F)F. The molecule has 0 fully saturated rings. The first-order valence-electron chi connectivity index (χ1n) is 9.43. The minimum Gasteiger partial charge on any atom is -0.741 e. The summed E-state index contributed by atoms with van der Waals surface area (Å²) in [7, 11) is -6.09. The topological polar surface area (TPSA) is 99.2 Å². The molecule has 0 aliphatic carbocycles. The van der Waals surface area contributed by atoms with Gasteiger partial charge in [-0.25, -0.2) is 13.4 Å². The van der Waals surface area contributed by atoms with Crippen LogP contribution >= 0.6 is 11.3 Å². The molecule has 0 unspecified atom stereocenters. The molecule has 178 valence electrons. The molecule has 1 aromatic heterocycles. The minimum atomic E-state index is -6.09. The molecule has 34 heavy (non-hydrogen) atoms. The summed E-state index contributed by atoms with van der Waals surface area (Å²) in [6.45, 7) is 2.05. The zero-order valence-corrected chi connectivity index (χ0v) is 21.1. The van der Waals surface area contributed by atoms with Crippen LogP contribution in [0.1, 0.15) is 15.9 Å². The number of halogens is 4. The van der Waals surface area contributed by atoms with E-state index in [0.717, 1.165) is 10.2 Å². The first-order valence-corrected chi connectivity index (χ1v) is 13.8. The maximum Gasteiger partial charge on any atom is 0.485 e. The predicted molar refractivity (Wildman–Crippen MR) is 118 cm³/mol. The number of benzene rings is 3. The van der Waals surface area contributed by atoms with E-state index in [9.17, 15) is 18.0 Å². The lowest BCUT2D eigenvalue weighted by atomic mass is 10.2. The Bertz CT molecular complexity index is 1410. The highest BCUT2D eigenvalue weighted by Gasteiger charge is 2.36. The highest BCUT2D eigenvalue weighted by atomic mass is 127. The van der Waals surface area contributed by atoms with Crippen LogP contribution in [0.25, 0.3) is 10.2 Å². The van der Waals surface area contributed by atoms with E-state index in [1.807, 2.05) is 36.4 Å². The Kier molecular flexibility index (Phi) is 8.28. The number of anilines is 1. The van der Waals surface area contributed by atoms with Gasteiger partial charge >= 0.3 is 26.7 Å². The maximum atomic E-state index is 12.6. The lowest BCUT2D eigenvalue weighted by molar-refractivity contribution is -0.597. The fourth-order valence-electron chi connectivity index (χ4n) is 2.55. The van der Waals surface area contributed by atoms with Gasteiger partial charge in [0.1, 0.15) is 0 Å². The second kappa shape index (κ2) is 10.8. The van der Waals surface area contributed by atoms with Crippen molar-refractivity contribution in [3.8, 4) is 0 Å². The summed E-state index contributed by atoms with van der Waals surface area (Å²) >= 11 is 1.22. The summed E-state index contributed by atoms with van der Waals surface area (Å²) in [5.74, 6) is -0.111. The van der Waals surface area contributed by atoms with Crippen molar-refractivity contribution in [1.82, 2.24) is 4.98 Å². The number of rotatable bonds is 4. The van der Waals surface area contributed by atoms with Gasteiger partial charge in [-0.05, 0) is 48.9 Å². The molecule has 0 spiro atoms. The number of fused-ring (bicyclic) bond motifs is 1.